The molecule has 2 N–H and O–H groups in total. The summed E-state index contributed by atoms with van der Waals surface area (Å²) in [5.41, 5.74) is 5.82. The van der Waals surface area contributed by atoms with Gasteiger partial charge in [0.2, 0.25) is 0 Å². The topological polar surface area (TPSA) is 65.2 Å². The summed E-state index contributed by atoms with van der Waals surface area (Å²) in [6.45, 7) is 0.265. The Morgan fingerprint density at radius 3 is 2.87 bits per heavy atom. The molecule has 1 aromatic heterocycles. The molecule has 4 nitrogen and oxygen atoms in total. The van der Waals surface area contributed by atoms with Crippen molar-refractivity contribution in [1.29, 1.82) is 0 Å². The number of esters is 1. The summed E-state index contributed by atoms with van der Waals surface area (Å²) in [6.07, 6.45) is 0.344. The van der Waals surface area contributed by atoms with Gasteiger partial charge in [-0.3, -0.25) is 4.98 Å². The van der Waals surface area contributed by atoms with E-state index in [-0.39, 0.29) is 18.7 Å². The van der Waals surface area contributed by atoms with Gasteiger partial charge in [0.1, 0.15) is 6.17 Å². The summed E-state index contributed by atoms with van der Waals surface area (Å²) in [4.78, 5) is 14.9. The molecule has 0 aliphatic carbocycles. The first-order valence-corrected chi connectivity index (χ1v) is 4.57. The Labute approximate surface area is 87.3 Å². The third-order valence-corrected chi connectivity index (χ3v) is 1.95. The predicted octanol–water partition coefficient (Wildman–Crippen LogP) is 1.23. The zero-order chi connectivity index (χ0) is 11.3. The molecule has 15 heavy (non-hydrogen) atoms. The fourth-order valence-electron chi connectivity index (χ4n) is 1.12. The van der Waals surface area contributed by atoms with Gasteiger partial charge in [0, 0.05) is 6.20 Å². The number of pyridine rings is 1. The van der Waals surface area contributed by atoms with Crippen molar-refractivity contribution in [3.05, 3.63) is 29.6 Å². The summed E-state index contributed by atoms with van der Waals surface area (Å²) >= 11 is 0. The Hall–Kier alpha value is -1.49. The van der Waals surface area contributed by atoms with Gasteiger partial charge in [0.25, 0.3) is 0 Å². The number of nitrogens with two attached hydrogens (primary N) is 1. The molecule has 82 valence electrons. The largest absolute Gasteiger partial charge is 0.465 e. The van der Waals surface area contributed by atoms with E-state index in [4.69, 9.17) is 5.73 Å². The van der Waals surface area contributed by atoms with Crippen LogP contribution in [0.25, 0.3) is 0 Å². The lowest BCUT2D eigenvalue weighted by Gasteiger charge is -2.06. The maximum Gasteiger partial charge on any atom is 0.339 e. The van der Waals surface area contributed by atoms with Crippen molar-refractivity contribution >= 4 is 5.97 Å². The van der Waals surface area contributed by atoms with E-state index in [1.807, 2.05) is 0 Å². The number of hydrogen-bond donors (Lipinski definition) is 1. The van der Waals surface area contributed by atoms with Gasteiger partial charge < -0.3 is 10.5 Å². The summed E-state index contributed by atoms with van der Waals surface area (Å²) in [7, 11) is 1.28. The molecular weight excluding hydrogens is 199 g/mol. The second-order valence-corrected chi connectivity index (χ2v) is 3.01. The fraction of sp³-hybridized carbons (Fsp3) is 0.400. The molecule has 0 aromatic carbocycles. The van der Waals surface area contributed by atoms with Gasteiger partial charge in [-0.05, 0) is 25.1 Å². The highest BCUT2D eigenvalue weighted by atomic mass is 19.1. The second kappa shape index (κ2) is 5.41. The van der Waals surface area contributed by atoms with Crippen LogP contribution >= 0.6 is 0 Å². The van der Waals surface area contributed by atoms with E-state index < -0.39 is 12.1 Å². The van der Waals surface area contributed by atoms with E-state index in [1.54, 1.807) is 0 Å². The first-order chi connectivity index (χ1) is 7.19. The summed E-state index contributed by atoms with van der Waals surface area (Å²) in [5.74, 6) is -0.483. The Balaban J connectivity index is 2.76. The van der Waals surface area contributed by atoms with Crippen LogP contribution in [-0.2, 0) is 4.74 Å². The van der Waals surface area contributed by atoms with E-state index in [0.717, 1.165) is 0 Å². The minimum absolute atomic E-state index is 0.227. The van der Waals surface area contributed by atoms with E-state index in [0.29, 0.717) is 5.56 Å². The Kier molecular flexibility index (Phi) is 4.17. The first kappa shape index (κ1) is 11.6. The van der Waals surface area contributed by atoms with Gasteiger partial charge in [0.15, 0.2) is 0 Å². The number of carbonyl (C=O) groups is 1. The van der Waals surface area contributed by atoms with Gasteiger partial charge in [-0.15, -0.1) is 0 Å². The average molecular weight is 212 g/mol. The van der Waals surface area contributed by atoms with Crippen molar-refractivity contribution in [3.8, 4) is 0 Å². The van der Waals surface area contributed by atoms with Crippen LogP contribution in [0.3, 0.4) is 0 Å². The van der Waals surface area contributed by atoms with Gasteiger partial charge in [-0.2, -0.15) is 0 Å². The van der Waals surface area contributed by atoms with Crippen LogP contribution in [-0.4, -0.2) is 24.6 Å². The van der Waals surface area contributed by atoms with E-state index in [1.165, 1.54) is 25.4 Å². The van der Waals surface area contributed by atoms with E-state index in [9.17, 15) is 9.18 Å². The van der Waals surface area contributed by atoms with Crippen LogP contribution in [0.5, 0.6) is 0 Å². The number of hydrogen-bond acceptors (Lipinski definition) is 4. The van der Waals surface area contributed by atoms with Gasteiger partial charge in [0.05, 0.1) is 18.4 Å². The molecule has 0 spiro atoms. The lowest BCUT2D eigenvalue weighted by atomic mass is 10.1. The molecular formula is C10H13FN2O2. The molecule has 1 rings (SSSR count). The maximum absolute atomic E-state index is 13.3. The third kappa shape index (κ3) is 2.99. The minimum atomic E-state index is -1.18. The monoisotopic (exact) mass is 212 g/mol. The highest BCUT2D eigenvalue weighted by Gasteiger charge is 2.11. The Morgan fingerprint density at radius 1 is 1.67 bits per heavy atom. The molecule has 0 radical (unpaired) electrons. The molecule has 0 fully saturated rings. The molecule has 0 saturated heterocycles. The molecule has 5 heteroatoms. The summed E-state index contributed by atoms with van der Waals surface area (Å²) in [6, 6.07) is 2.95. The summed E-state index contributed by atoms with van der Waals surface area (Å²) in [5, 5.41) is 0. The van der Waals surface area contributed by atoms with Gasteiger partial charge in [-0.1, -0.05) is 0 Å². The van der Waals surface area contributed by atoms with Crippen molar-refractivity contribution in [3.63, 3.8) is 0 Å². The number of alkyl halides is 1. The molecule has 1 atom stereocenters. The molecule has 0 aliphatic rings. The first-order valence-electron chi connectivity index (χ1n) is 4.57. The summed E-state index contributed by atoms with van der Waals surface area (Å²) < 4.78 is 17.8. The van der Waals surface area contributed by atoms with Crippen molar-refractivity contribution in [1.82, 2.24) is 4.98 Å². The Morgan fingerprint density at radius 2 is 2.40 bits per heavy atom. The van der Waals surface area contributed by atoms with Crippen LogP contribution in [0.4, 0.5) is 4.39 Å². The van der Waals surface area contributed by atoms with E-state index >= 15 is 0 Å². The van der Waals surface area contributed by atoms with Crippen molar-refractivity contribution in [2.75, 3.05) is 13.7 Å². The lowest BCUT2D eigenvalue weighted by Crippen LogP contribution is -2.06. The number of halogens is 1. The molecule has 1 aromatic rings. The van der Waals surface area contributed by atoms with Crippen molar-refractivity contribution < 1.29 is 13.9 Å². The van der Waals surface area contributed by atoms with Gasteiger partial charge >= 0.3 is 5.97 Å². The smallest absolute Gasteiger partial charge is 0.339 e. The predicted molar refractivity (Wildman–Crippen MR) is 53.1 cm³/mol. The average Bonchev–Trinajstić information content (AvgIpc) is 2.28. The molecule has 1 heterocycles. The van der Waals surface area contributed by atoms with Crippen molar-refractivity contribution in [2.24, 2.45) is 5.73 Å². The molecule has 0 aliphatic heterocycles. The lowest BCUT2D eigenvalue weighted by molar-refractivity contribution is 0.0600. The molecule has 0 amide bonds. The highest BCUT2D eigenvalue weighted by Crippen LogP contribution is 2.18. The number of nitrogens with zero attached hydrogens (tertiary/aromatic N) is 1. The Bertz CT molecular complexity index is 327. The zero-order valence-electron chi connectivity index (χ0n) is 8.44. The van der Waals surface area contributed by atoms with Crippen LogP contribution in [0.1, 0.15) is 28.6 Å². The quantitative estimate of drug-likeness (QED) is 0.762. The molecule has 1 unspecified atom stereocenters. The highest BCUT2D eigenvalue weighted by molar-refractivity contribution is 5.88. The SMILES string of the molecule is COC(=O)c1ccc(C(F)CCN)nc1. The van der Waals surface area contributed by atoms with E-state index in [2.05, 4.69) is 9.72 Å². The van der Waals surface area contributed by atoms with Crippen LogP contribution in [0.2, 0.25) is 0 Å². The standard InChI is InChI=1S/C10H13FN2O2/c1-15-10(14)7-2-3-9(13-6-7)8(11)4-5-12/h2-3,6,8H,4-5,12H2,1H3. The van der Waals surface area contributed by atoms with Crippen molar-refractivity contribution in [2.45, 2.75) is 12.6 Å². The normalized spacial score (nSPS) is 12.2. The van der Waals surface area contributed by atoms with Crippen LogP contribution in [0, 0.1) is 0 Å². The fourth-order valence-corrected chi connectivity index (χ4v) is 1.12. The number of methoxy groups -OCH3 is 1. The minimum Gasteiger partial charge on any atom is -0.465 e. The third-order valence-electron chi connectivity index (χ3n) is 1.95. The molecule has 0 saturated carbocycles. The maximum atomic E-state index is 13.3. The van der Waals surface area contributed by atoms with Crippen LogP contribution < -0.4 is 5.73 Å². The van der Waals surface area contributed by atoms with Gasteiger partial charge in [-0.25, -0.2) is 9.18 Å². The number of aromatic nitrogens is 1. The number of carbonyl (C=O) groups excluding carboxylic acids is 1. The zero-order valence-corrected chi connectivity index (χ0v) is 8.44. The number of rotatable bonds is 4. The van der Waals surface area contributed by atoms with Crippen LogP contribution in [0.15, 0.2) is 18.3 Å². The number of ether oxygens (including phenoxy) is 1. The molecule has 0 bridgehead atoms. The second-order valence-electron chi connectivity index (χ2n) is 3.01.